The second kappa shape index (κ2) is 4.59. The fraction of sp³-hybridized carbons (Fsp3) is 0.500. The summed E-state index contributed by atoms with van der Waals surface area (Å²) in [7, 11) is -1.51. The number of hydrogen-bond donors (Lipinski definition) is 2. The maximum absolute atomic E-state index is 12.0. The van der Waals surface area contributed by atoms with Gasteiger partial charge in [-0.2, -0.15) is 0 Å². The number of rotatable bonds is 3. The molecule has 1 unspecified atom stereocenters. The van der Waals surface area contributed by atoms with Gasteiger partial charge in [0.25, 0.3) is 0 Å². The molecule has 0 amide bonds. The molecule has 1 aliphatic heterocycles. The van der Waals surface area contributed by atoms with E-state index in [9.17, 15) is 8.42 Å². The highest BCUT2D eigenvalue weighted by molar-refractivity contribution is 7.89. The van der Waals surface area contributed by atoms with Crippen molar-refractivity contribution in [3.8, 4) is 0 Å². The predicted molar refractivity (Wildman–Crippen MR) is 64.9 cm³/mol. The van der Waals surface area contributed by atoms with Gasteiger partial charge in [-0.05, 0) is 32.1 Å². The zero-order valence-corrected chi connectivity index (χ0v) is 10.4. The van der Waals surface area contributed by atoms with Gasteiger partial charge in [-0.1, -0.05) is 0 Å². The minimum atomic E-state index is -3.48. The standard InChI is InChI=1S/C10H16N4O2S/c1-14-5-4-8(7-14)13-17(15,16)9-2-3-10(11)12-6-9/h2-3,6,8,13H,4-5,7H2,1H3,(H2,11,12). The third-order valence-electron chi connectivity index (χ3n) is 2.78. The first-order valence-corrected chi connectivity index (χ1v) is 6.88. The maximum atomic E-state index is 12.0. The summed E-state index contributed by atoms with van der Waals surface area (Å²) in [5, 5.41) is 0. The number of nitrogens with zero attached hydrogens (tertiary/aromatic N) is 2. The van der Waals surface area contributed by atoms with Gasteiger partial charge in [-0.3, -0.25) is 0 Å². The van der Waals surface area contributed by atoms with Crippen LogP contribution >= 0.6 is 0 Å². The molecule has 0 bridgehead atoms. The van der Waals surface area contributed by atoms with Crippen LogP contribution in [0, 0.1) is 0 Å². The Morgan fingerprint density at radius 2 is 2.29 bits per heavy atom. The summed E-state index contributed by atoms with van der Waals surface area (Å²) in [4.78, 5) is 6.03. The number of aromatic nitrogens is 1. The first-order chi connectivity index (χ1) is 7.97. The number of likely N-dealkylation sites (tertiary alicyclic amines) is 1. The maximum Gasteiger partial charge on any atom is 0.242 e. The Morgan fingerprint density at radius 1 is 1.53 bits per heavy atom. The van der Waals surface area contributed by atoms with Gasteiger partial charge in [0.1, 0.15) is 10.7 Å². The van der Waals surface area contributed by atoms with Crippen molar-refractivity contribution in [1.29, 1.82) is 0 Å². The Morgan fingerprint density at radius 3 is 2.82 bits per heavy atom. The molecular weight excluding hydrogens is 240 g/mol. The largest absolute Gasteiger partial charge is 0.384 e. The Balaban J connectivity index is 2.11. The van der Waals surface area contributed by atoms with Crippen LogP contribution in [0.4, 0.5) is 5.82 Å². The number of likely N-dealkylation sites (N-methyl/N-ethyl adjacent to an activating group) is 1. The molecule has 0 spiro atoms. The molecule has 2 rings (SSSR count). The number of anilines is 1. The summed E-state index contributed by atoms with van der Waals surface area (Å²) in [6.07, 6.45) is 2.11. The molecule has 2 heterocycles. The van der Waals surface area contributed by atoms with Crippen LogP contribution in [-0.4, -0.2) is 44.5 Å². The van der Waals surface area contributed by atoms with E-state index in [0.29, 0.717) is 5.82 Å². The van der Waals surface area contributed by atoms with E-state index in [-0.39, 0.29) is 10.9 Å². The average molecular weight is 256 g/mol. The molecule has 1 aromatic heterocycles. The normalized spacial score (nSPS) is 21.8. The molecule has 1 atom stereocenters. The van der Waals surface area contributed by atoms with Crippen molar-refractivity contribution in [2.75, 3.05) is 25.9 Å². The van der Waals surface area contributed by atoms with Crippen molar-refractivity contribution >= 4 is 15.8 Å². The van der Waals surface area contributed by atoms with E-state index in [1.54, 1.807) is 0 Å². The number of nitrogens with two attached hydrogens (primary N) is 1. The molecule has 1 aliphatic rings. The smallest absolute Gasteiger partial charge is 0.242 e. The van der Waals surface area contributed by atoms with Gasteiger partial charge in [-0.25, -0.2) is 18.1 Å². The number of sulfonamides is 1. The van der Waals surface area contributed by atoms with Crippen molar-refractivity contribution in [1.82, 2.24) is 14.6 Å². The Hall–Kier alpha value is -1.18. The van der Waals surface area contributed by atoms with Crippen molar-refractivity contribution in [3.05, 3.63) is 18.3 Å². The van der Waals surface area contributed by atoms with E-state index in [4.69, 9.17) is 5.73 Å². The molecule has 1 fully saturated rings. The van der Waals surface area contributed by atoms with Crippen LogP contribution < -0.4 is 10.5 Å². The Kier molecular flexibility index (Phi) is 3.32. The molecule has 17 heavy (non-hydrogen) atoms. The lowest BCUT2D eigenvalue weighted by atomic mass is 10.3. The highest BCUT2D eigenvalue weighted by Crippen LogP contribution is 2.13. The zero-order chi connectivity index (χ0) is 12.5. The van der Waals surface area contributed by atoms with Crippen LogP contribution in [0.5, 0.6) is 0 Å². The number of hydrogen-bond acceptors (Lipinski definition) is 5. The molecule has 0 aromatic carbocycles. The van der Waals surface area contributed by atoms with Crippen molar-refractivity contribution in [2.45, 2.75) is 17.4 Å². The summed E-state index contributed by atoms with van der Waals surface area (Å²) in [6.45, 7) is 1.65. The molecule has 0 radical (unpaired) electrons. The third-order valence-corrected chi connectivity index (χ3v) is 4.29. The summed E-state index contributed by atoms with van der Waals surface area (Å²) in [6, 6.07) is 2.92. The van der Waals surface area contributed by atoms with Crippen LogP contribution in [0.25, 0.3) is 0 Å². The summed E-state index contributed by atoms with van der Waals surface area (Å²) < 4.78 is 26.7. The quantitative estimate of drug-likeness (QED) is 0.771. The van der Waals surface area contributed by atoms with E-state index < -0.39 is 10.0 Å². The minimum Gasteiger partial charge on any atom is -0.384 e. The average Bonchev–Trinajstić information content (AvgIpc) is 2.63. The minimum absolute atomic E-state index is 0.0254. The second-order valence-electron chi connectivity index (χ2n) is 4.29. The highest BCUT2D eigenvalue weighted by Gasteiger charge is 2.25. The van der Waals surface area contributed by atoms with Crippen molar-refractivity contribution < 1.29 is 8.42 Å². The van der Waals surface area contributed by atoms with Crippen LogP contribution in [0.2, 0.25) is 0 Å². The van der Waals surface area contributed by atoms with Crippen LogP contribution in [0.1, 0.15) is 6.42 Å². The summed E-state index contributed by atoms with van der Waals surface area (Å²) in [5.41, 5.74) is 5.42. The molecule has 0 aliphatic carbocycles. The molecule has 0 saturated carbocycles. The lowest BCUT2D eigenvalue weighted by Gasteiger charge is -2.13. The highest BCUT2D eigenvalue weighted by atomic mass is 32.2. The van der Waals surface area contributed by atoms with Crippen molar-refractivity contribution in [2.24, 2.45) is 0 Å². The van der Waals surface area contributed by atoms with E-state index in [1.807, 2.05) is 7.05 Å². The number of nitrogens with one attached hydrogen (secondary N) is 1. The topological polar surface area (TPSA) is 88.3 Å². The fourth-order valence-corrected chi connectivity index (χ4v) is 3.08. The van der Waals surface area contributed by atoms with Gasteiger partial charge in [0, 0.05) is 18.8 Å². The van der Waals surface area contributed by atoms with Crippen molar-refractivity contribution in [3.63, 3.8) is 0 Å². The molecular formula is C10H16N4O2S. The number of pyridine rings is 1. The predicted octanol–water partition coefficient (Wildman–Crippen LogP) is -0.354. The zero-order valence-electron chi connectivity index (χ0n) is 9.63. The molecule has 1 aromatic rings. The van der Waals surface area contributed by atoms with E-state index in [1.165, 1.54) is 18.3 Å². The first-order valence-electron chi connectivity index (χ1n) is 5.40. The van der Waals surface area contributed by atoms with Gasteiger partial charge in [-0.15, -0.1) is 0 Å². The molecule has 3 N–H and O–H groups in total. The second-order valence-corrected chi connectivity index (χ2v) is 6.00. The van der Waals surface area contributed by atoms with Crippen LogP contribution in [0.15, 0.2) is 23.2 Å². The van der Waals surface area contributed by atoms with Gasteiger partial charge in [0.2, 0.25) is 10.0 Å². The molecule has 6 nitrogen and oxygen atoms in total. The monoisotopic (exact) mass is 256 g/mol. The first kappa shape index (κ1) is 12.3. The van der Waals surface area contributed by atoms with Gasteiger partial charge >= 0.3 is 0 Å². The Bertz CT molecular complexity index is 486. The van der Waals surface area contributed by atoms with Gasteiger partial charge in [0.05, 0.1) is 0 Å². The third kappa shape index (κ3) is 2.93. The fourth-order valence-electron chi connectivity index (χ4n) is 1.87. The lowest BCUT2D eigenvalue weighted by Crippen LogP contribution is -2.36. The summed E-state index contributed by atoms with van der Waals surface area (Å²) in [5.74, 6) is 0.310. The van der Waals surface area contributed by atoms with Crippen LogP contribution in [0.3, 0.4) is 0 Å². The van der Waals surface area contributed by atoms with Gasteiger partial charge in [0.15, 0.2) is 0 Å². The van der Waals surface area contributed by atoms with E-state index in [2.05, 4.69) is 14.6 Å². The summed E-state index contributed by atoms with van der Waals surface area (Å²) >= 11 is 0. The number of nitrogen functional groups attached to an aromatic ring is 1. The lowest BCUT2D eigenvalue weighted by molar-refractivity contribution is 0.407. The van der Waals surface area contributed by atoms with E-state index >= 15 is 0 Å². The molecule has 94 valence electrons. The SMILES string of the molecule is CN1CCC(NS(=O)(=O)c2ccc(N)nc2)C1. The molecule has 7 heteroatoms. The molecule has 1 saturated heterocycles. The van der Waals surface area contributed by atoms with Gasteiger partial charge < -0.3 is 10.6 Å². The van der Waals surface area contributed by atoms with E-state index in [0.717, 1.165) is 19.5 Å². The Labute approximate surface area is 101 Å². The van der Waals surface area contributed by atoms with Crippen LogP contribution in [-0.2, 0) is 10.0 Å².